The quantitative estimate of drug-likeness (QED) is 0.794. The summed E-state index contributed by atoms with van der Waals surface area (Å²) in [4.78, 5) is 0.101. The van der Waals surface area contributed by atoms with Gasteiger partial charge in [-0.05, 0) is 42.9 Å². The molecule has 0 unspecified atom stereocenters. The van der Waals surface area contributed by atoms with Crippen LogP contribution in [-0.4, -0.2) is 15.0 Å². The summed E-state index contributed by atoms with van der Waals surface area (Å²) in [5.41, 5.74) is 6.07. The Labute approximate surface area is 119 Å². The van der Waals surface area contributed by atoms with Gasteiger partial charge in [-0.1, -0.05) is 24.9 Å². The first-order chi connectivity index (χ1) is 8.88. The Balaban J connectivity index is 2.10. The zero-order chi connectivity index (χ0) is 14.1. The van der Waals surface area contributed by atoms with Crippen LogP contribution in [0.5, 0.6) is 0 Å². The van der Waals surface area contributed by atoms with Crippen LogP contribution in [-0.2, 0) is 10.0 Å². The molecule has 1 aromatic rings. The summed E-state index contributed by atoms with van der Waals surface area (Å²) < 4.78 is 27.1. The normalized spacial score (nSPS) is 17.4. The molecule has 0 radical (unpaired) electrons. The number of rotatable bonds is 6. The average Bonchev–Trinajstić information content (AvgIpc) is 3.07. The zero-order valence-electron chi connectivity index (χ0n) is 10.9. The fraction of sp³-hybridized carbons (Fsp3) is 0.538. The van der Waals surface area contributed by atoms with Crippen LogP contribution >= 0.6 is 11.6 Å². The predicted molar refractivity (Wildman–Crippen MR) is 77.6 cm³/mol. The van der Waals surface area contributed by atoms with E-state index in [1.165, 1.54) is 18.2 Å². The summed E-state index contributed by atoms with van der Waals surface area (Å²) >= 11 is 5.77. The first-order valence-corrected chi connectivity index (χ1v) is 8.29. The molecule has 1 aliphatic rings. The Bertz CT molecular complexity index is 568. The molecule has 2 rings (SSSR count). The van der Waals surface area contributed by atoms with Crippen LogP contribution in [0.2, 0.25) is 5.02 Å². The van der Waals surface area contributed by atoms with E-state index in [0.717, 1.165) is 25.7 Å². The van der Waals surface area contributed by atoms with Crippen molar-refractivity contribution in [3.05, 3.63) is 23.2 Å². The maximum atomic E-state index is 12.2. The lowest BCUT2D eigenvalue weighted by atomic mass is 10.0. The third kappa shape index (κ3) is 3.41. The molecule has 0 bridgehead atoms. The van der Waals surface area contributed by atoms with E-state index in [2.05, 4.69) is 11.6 Å². The second kappa shape index (κ2) is 5.31. The lowest BCUT2D eigenvalue weighted by Crippen LogP contribution is -2.30. The Hall–Kier alpha value is -0.780. The van der Waals surface area contributed by atoms with Crippen LogP contribution in [0.25, 0.3) is 0 Å². The molecule has 0 atom stereocenters. The highest BCUT2D eigenvalue weighted by Gasteiger charge is 2.42. The van der Waals surface area contributed by atoms with Gasteiger partial charge in [0.05, 0.1) is 5.69 Å². The summed E-state index contributed by atoms with van der Waals surface area (Å²) in [5.74, 6) is 0. The molecule has 0 aliphatic heterocycles. The minimum Gasteiger partial charge on any atom is -0.398 e. The van der Waals surface area contributed by atoms with Crippen LogP contribution in [0.1, 0.15) is 32.6 Å². The number of hydrogen-bond acceptors (Lipinski definition) is 3. The summed E-state index contributed by atoms with van der Waals surface area (Å²) in [6, 6.07) is 4.43. The van der Waals surface area contributed by atoms with Gasteiger partial charge in [-0.2, -0.15) is 0 Å². The Morgan fingerprint density at radius 3 is 2.63 bits per heavy atom. The third-order valence-electron chi connectivity index (χ3n) is 3.64. The minimum atomic E-state index is -3.55. The number of sulfonamides is 1. The molecule has 19 heavy (non-hydrogen) atoms. The van der Waals surface area contributed by atoms with Crippen molar-refractivity contribution in [3.63, 3.8) is 0 Å². The van der Waals surface area contributed by atoms with E-state index < -0.39 is 10.0 Å². The second-order valence-corrected chi connectivity index (χ2v) is 7.43. The fourth-order valence-corrected chi connectivity index (χ4v) is 3.76. The standard InChI is InChI=1S/C13H19ClN2O2S/c1-2-5-13(6-7-13)9-16-19(17,18)12-4-3-10(14)8-11(12)15/h3-4,8,16H,2,5-7,9,15H2,1H3. The van der Waals surface area contributed by atoms with Gasteiger partial charge in [0.2, 0.25) is 10.0 Å². The van der Waals surface area contributed by atoms with Gasteiger partial charge >= 0.3 is 0 Å². The average molecular weight is 303 g/mol. The van der Waals surface area contributed by atoms with Crippen molar-refractivity contribution >= 4 is 27.3 Å². The van der Waals surface area contributed by atoms with E-state index in [-0.39, 0.29) is 16.0 Å². The van der Waals surface area contributed by atoms with Crippen LogP contribution < -0.4 is 10.5 Å². The Kier molecular flexibility index (Phi) is 4.08. The molecule has 0 heterocycles. The second-order valence-electron chi connectivity index (χ2n) is 5.26. The maximum Gasteiger partial charge on any atom is 0.242 e. The summed E-state index contributed by atoms with van der Waals surface area (Å²) in [6.45, 7) is 2.61. The van der Waals surface area contributed by atoms with Gasteiger partial charge in [0.25, 0.3) is 0 Å². The highest BCUT2D eigenvalue weighted by Crippen LogP contribution is 2.49. The van der Waals surface area contributed by atoms with E-state index in [4.69, 9.17) is 17.3 Å². The number of nitrogens with two attached hydrogens (primary N) is 1. The van der Waals surface area contributed by atoms with Crippen LogP contribution in [0.15, 0.2) is 23.1 Å². The van der Waals surface area contributed by atoms with E-state index in [1.807, 2.05) is 0 Å². The van der Waals surface area contributed by atoms with Crippen molar-refractivity contribution in [1.29, 1.82) is 0 Å². The molecule has 0 amide bonds. The topological polar surface area (TPSA) is 72.2 Å². The van der Waals surface area contributed by atoms with Crippen LogP contribution in [0.3, 0.4) is 0 Å². The molecular weight excluding hydrogens is 284 g/mol. The van der Waals surface area contributed by atoms with Gasteiger partial charge in [0, 0.05) is 11.6 Å². The van der Waals surface area contributed by atoms with Crippen LogP contribution in [0.4, 0.5) is 5.69 Å². The zero-order valence-corrected chi connectivity index (χ0v) is 12.5. The molecule has 106 valence electrons. The van der Waals surface area contributed by atoms with Crippen molar-refractivity contribution in [2.45, 2.75) is 37.5 Å². The highest BCUT2D eigenvalue weighted by atomic mass is 35.5. The number of nitrogens with one attached hydrogen (secondary N) is 1. The lowest BCUT2D eigenvalue weighted by Gasteiger charge is -2.16. The van der Waals surface area contributed by atoms with Crippen molar-refractivity contribution in [1.82, 2.24) is 4.72 Å². The molecule has 1 aromatic carbocycles. The van der Waals surface area contributed by atoms with E-state index in [1.54, 1.807) is 0 Å². The number of benzene rings is 1. The molecule has 0 spiro atoms. The smallest absolute Gasteiger partial charge is 0.242 e. The van der Waals surface area contributed by atoms with Crippen molar-refractivity contribution in [2.24, 2.45) is 5.41 Å². The molecule has 4 nitrogen and oxygen atoms in total. The first-order valence-electron chi connectivity index (χ1n) is 6.43. The Morgan fingerprint density at radius 2 is 2.11 bits per heavy atom. The van der Waals surface area contributed by atoms with Crippen molar-refractivity contribution in [2.75, 3.05) is 12.3 Å². The minimum absolute atomic E-state index is 0.101. The summed E-state index contributed by atoms with van der Waals surface area (Å²) in [6.07, 6.45) is 4.33. The van der Waals surface area contributed by atoms with Crippen molar-refractivity contribution < 1.29 is 8.42 Å². The summed E-state index contributed by atoms with van der Waals surface area (Å²) in [7, 11) is -3.55. The summed E-state index contributed by atoms with van der Waals surface area (Å²) in [5, 5.41) is 0.432. The van der Waals surface area contributed by atoms with E-state index in [0.29, 0.717) is 11.6 Å². The first kappa shape index (κ1) is 14.6. The fourth-order valence-electron chi connectivity index (χ4n) is 2.31. The molecule has 0 aromatic heterocycles. The van der Waals surface area contributed by atoms with Gasteiger partial charge in [-0.25, -0.2) is 13.1 Å². The SMILES string of the molecule is CCCC1(CNS(=O)(=O)c2ccc(Cl)cc2N)CC1. The largest absolute Gasteiger partial charge is 0.398 e. The number of hydrogen-bond donors (Lipinski definition) is 2. The maximum absolute atomic E-state index is 12.2. The Morgan fingerprint density at radius 1 is 1.42 bits per heavy atom. The molecule has 1 fully saturated rings. The highest BCUT2D eigenvalue weighted by molar-refractivity contribution is 7.89. The predicted octanol–water partition coefficient (Wildman–Crippen LogP) is 2.78. The van der Waals surface area contributed by atoms with Crippen molar-refractivity contribution in [3.8, 4) is 0 Å². The van der Waals surface area contributed by atoms with Gasteiger partial charge in [-0.15, -0.1) is 0 Å². The molecule has 0 saturated heterocycles. The van der Waals surface area contributed by atoms with Gasteiger partial charge in [0.1, 0.15) is 4.90 Å². The molecular formula is C13H19ClN2O2S. The molecule has 1 saturated carbocycles. The van der Waals surface area contributed by atoms with Crippen LogP contribution in [0, 0.1) is 5.41 Å². The molecule has 1 aliphatic carbocycles. The number of halogens is 1. The third-order valence-corrected chi connectivity index (χ3v) is 5.35. The van der Waals surface area contributed by atoms with Gasteiger partial charge < -0.3 is 5.73 Å². The number of nitrogen functional groups attached to an aromatic ring is 1. The lowest BCUT2D eigenvalue weighted by molar-refractivity contribution is 0.449. The molecule has 3 N–H and O–H groups in total. The van der Waals surface area contributed by atoms with Gasteiger partial charge in [0.15, 0.2) is 0 Å². The van der Waals surface area contributed by atoms with Gasteiger partial charge in [-0.3, -0.25) is 0 Å². The monoisotopic (exact) mass is 302 g/mol. The van der Waals surface area contributed by atoms with E-state index in [9.17, 15) is 8.42 Å². The molecule has 6 heteroatoms. The number of anilines is 1. The van der Waals surface area contributed by atoms with E-state index >= 15 is 0 Å².